The van der Waals surface area contributed by atoms with Crippen LogP contribution in [0.4, 0.5) is 0 Å². The lowest BCUT2D eigenvalue weighted by Crippen LogP contribution is -2.41. The van der Waals surface area contributed by atoms with Crippen molar-refractivity contribution in [3.05, 3.63) is 40.4 Å². The second-order valence-corrected chi connectivity index (χ2v) is 6.62. The minimum Gasteiger partial charge on any atom is -0.494 e. The smallest absolute Gasteiger partial charge is 0.283 e. The van der Waals surface area contributed by atoms with Gasteiger partial charge in [-0.05, 0) is 54.6 Å². The number of hydrogen-bond acceptors (Lipinski definition) is 6. The summed E-state index contributed by atoms with van der Waals surface area (Å²) in [6.45, 7) is 6.80. The van der Waals surface area contributed by atoms with Crippen molar-refractivity contribution < 1.29 is 14.3 Å². The Morgan fingerprint density at radius 3 is 2.48 bits per heavy atom. The lowest BCUT2D eigenvalue weighted by atomic mass is 10.1. The average molecular weight is 362 g/mol. The fourth-order valence-corrected chi connectivity index (χ4v) is 2.62. The summed E-state index contributed by atoms with van der Waals surface area (Å²) >= 11 is 1.00. The Morgan fingerprint density at radius 1 is 1.16 bits per heavy atom. The normalized spacial score (nSPS) is 10.6. The molecule has 0 aliphatic carbocycles. The van der Waals surface area contributed by atoms with Crippen molar-refractivity contribution in [3.63, 3.8) is 0 Å². The van der Waals surface area contributed by atoms with Crippen LogP contribution in [0, 0.1) is 5.92 Å². The first-order valence-corrected chi connectivity index (χ1v) is 8.93. The zero-order chi connectivity index (χ0) is 18.2. The van der Waals surface area contributed by atoms with Crippen molar-refractivity contribution in [2.75, 3.05) is 6.61 Å². The van der Waals surface area contributed by atoms with Gasteiger partial charge in [0, 0.05) is 5.56 Å². The van der Waals surface area contributed by atoms with Gasteiger partial charge in [-0.1, -0.05) is 25.3 Å². The number of aryl methyl sites for hydroxylation is 1. The van der Waals surface area contributed by atoms with Crippen molar-refractivity contribution in [3.8, 4) is 5.75 Å². The third kappa shape index (κ3) is 5.53. The molecule has 134 valence electrons. The van der Waals surface area contributed by atoms with E-state index in [9.17, 15) is 9.59 Å². The molecule has 25 heavy (non-hydrogen) atoms. The van der Waals surface area contributed by atoms with Crippen LogP contribution in [0.2, 0.25) is 0 Å². The molecule has 0 saturated heterocycles. The van der Waals surface area contributed by atoms with Crippen LogP contribution in [-0.4, -0.2) is 28.0 Å². The number of hydrazine groups is 1. The van der Waals surface area contributed by atoms with Crippen molar-refractivity contribution in [2.45, 2.75) is 33.6 Å². The summed E-state index contributed by atoms with van der Waals surface area (Å²) < 4.78 is 9.36. The molecule has 0 atom stereocenters. The molecule has 0 spiro atoms. The molecule has 1 heterocycles. The molecule has 2 aromatic rings. The van der Waals surface area contributed by atoms with E-state index in [-0.39, 0.29) is 0 Å². The first kappa shape index (κ1) is 18.9. The molecular formula is C17H22N4O3S. The molecule has 2 amide bonds. The minimum absolute atomic E-state index is 0.400. The number of ether oxygens (including phenoxy) is 1. The summed E-state index contributed by atoms with van der Waals surface area (Å²) in [4.78, 5) is 24.5. The zero-order valence-electron chi connectivity index (χ0n) is 14.5. The highest BCUT2D eigenvalue weighted by Gasteiger charge is 2.16. The van der Waals surface area contributed by atoms with E-state index in [1.807, 2.05) is 6.92 Å². The van der Waals surface area contributed by atoms with Crippen molar-refractivity contribution >= 4 is 23.3 Å². The van der Waals surface area contributed by atoms with Crippen molar-refractivity contribution in [1.29, 1.82) is 0 Å². The maximum absolute atomic E-state index is 12.1. The van der Waals surface area contributed by atoms with E-state index in [4.69, 9.17) is 4.74 Å². The number of carbonyl (C=O) groups excluding carboxylic acids is 2. The van der Waals surface area contributed by atoms with Crippen LogP contribution in [0.1, 0.15) is 52.9 Å². The van der Waals surface area contributed by atoms with Crippen LogP contribution in [-0.2, 0) is 6.42 Å². The van der Waals surface area contributed by atoms with E-state index in [0.717, 1.165) is 18.0 Å². The molecule has 0 bridgehead atoms. The van der Waals surface area contributed by atoms with Gasteiger partial charge in [0.25, 0.3) is 11.8 Å². The molecule has 0 aliphatic heterocycles. The summed E-state index contributed by atoms with van der Waals surface area (Å²) in [6.07, 6.45) is 1.58. The Kier molecular flexibility index (Phi) is 6.88. The first-order valence-electron chi connectivity index (χ1n) is 8.16. The Hall–Kier alpha value is -2.48. The zero-order valence-corrected chi connectivity index (χ0v) is 15.4. The van der Waals surface area contributed by atoms with E-state index in [1.165, 1.54) is 0 Å². The molecule has 1 aromatic heterocycles. The first-order chi connectivity index (χ1) is 12.0. The second-order valence-electron chi connectivity index (χ2n) is 5.87. The minimum atomic E-state index is -0.422. The van der Waals surface area contributed by atoms with E-state index in [0.29, 0.717) is 40.8 Å². The molecular weight excluding hydrogens is 340 g/mol. The van der Waals surface area contributed by atoms with Crippen LogP contribution in [0.3, 0.4) is 0 Å². The van der Waals surface area contributed by atoms with Crippen molar-refractivity contribution in [1.82, 2.24) is 20.4 Å². The van der Waals surface area contributed by atoms with Gasteiger partial charge in [-0.2, -0.15) is 0 Å². The lowest BCUT2D eigenvalue weighted by Gasteiger charge is -2.09. The maximum Gasteiger partial charge on any atom is 0.283 e. The highest BCUT2D eigenvalue weighted by molar-refractivity contribution is 7.08. The second kappa shape index (κ2) is 9.12. The summed E-state index contributed by atoms with van der Waals surface area (Å²) in [7, 11) is 0. The monoisotopic (exact) mass is 362 g/mol. The van der Waals surface area contributed by atoms with Crippen molar-refractivity contribution in [2.24, 2.45) is 5.92 Å². The number of rotatable bonds is 7. The molecule has 8 heteroatoms. The van der Waals surface area contributed by atoms with Gasteiger partial charge in [0.2, 0.25) is 0 Å². The number of amides is 2. The van der Waals surface area contributed by atoms with Gasteiger partial charge in [0.1, 0.15) is 10.6 Å². The predicted octanol–water partition coefficient (Wildman–Crippen LogP) is 2.60. The van der Waals surface area contributed by atoms with Gasteiger partial charge in [0.15, 0.2) is 0 Å². The topological polar surface area (TPSA) is 93.2 Å². The summed E-state index contributed by atoms with van der Waals surface area (Å²) in [5.74, 6) is 0.464. The van der Waals surface area contributed by atoms with Gasteiger partial charge >= 0.3 is 0 Å². The Balaban J connectivity index is 1.85. The number of nitrogens with one attached hydrogen (secondary N) is 2. The number of nitrogens with zero attached hydrogens (tertiary/aromatic N) is 2. The fraction of sp³-hybridized carbons (Fsp3) is 0.412. The van der Waals surface area contributed by atoms with Crippen LogP contribution in [0.15, 0.2) is 24.3 Å². The lowest BCUT2D eigenvalue weighted by molar-refractivity contribution is 0.0848. The third-order valence-electron chi connectivity index (χ3n) is 3.47. The quantitative estimate of drug-likeness (QED) is 0.739. The Labute approximate surface area is 150 Å². The molecule has 0 radical (unpaired) electrons. The molecule has 0 fully saturated rings. The predicted molar refractivity (Wildman–Crippen MR) is 95.6 cm³/mol. The van der Waals surface area contributed by atoms with E-state index >= 15 is 0 Å². The van der Waals surface area contributed by atoms with Crippen LogP contribution in [0.5, 0.6) is 5.75 Å². The standard InChI is InChI=1S/C17H22N4O3S/c1-4-14-15(25-21-18-14)17(23)20-19-16(22)12-5-7-13(8-6-12)24-10-9-11(2)3/h5-8,11H,4,9-10H2,1-3H3,(H,19,22)(H,20,23). The molecule has 0 aliphatic rings. The molecule has 0 saturated carbocycles. The van der Waals surface area contributed by atoms with Crippen LogP contribution in [0.25, 0.3) is 0 Å². The molecule has 1 aromatic carbocycles. The Bertz CT molecular complexity index is 713. The van der Waals surface area contributed by atoms with Gasteiger partial charge in [0.05, 0.1) is 12.3 Å². The van der Waals surface area contributed by atoms with E-state index in [2.05, 4.69) is 34.3 Å². The number of carbonyl (C=O) groups is 2. The van der Waals surface area contributed by atoms with Gasteiger partial charge in [-0.15, -0.1) is 5.10 Å². The fourth-order valence-electron chi connectivity index (χ4n) is 1.97. The highest BCUT2D eigenvalue weighted by Crippen LogP contribution is 2.14. The number of hydrogen-bond donors (Lipinski definition) is 2. The SMILES string of the molecule is CCc1nnsc1C(=O)NNC(=O)c1ccc(OCCC(C)C)cc1. The van der Waals surface area contributed by atoms with E-state index < -0.39 is 11.8 Å². The van der Waals surface area contributed by atoms with E-state index in [1.54, 1.807) is 24.3 Å². The summed E-state index contributed by atoms with van der Waals surface area (Å²) in [5.41, 5.74) is 5.80. The largest absolute Gasteiger partial charge is 0.494 e. The van der Waals surface area contributed by atoms with Gasteiger partial charge < -0.3 is 4.74 Å². The van der Waals surface area contributed by atoms with Crippen LogP contribution < -0.4 is 15.6 Å². The van der Waals surface area contributed by atoms with Crippen LogP contribution >= 0.6 is 11.5 Å². The molecule has 0 unspecified atom stereocenters. The summed E-state index contributed by atoms with van der Waals surface area (Å²) in [5, 5.41) is 3.87. The highest BCUT2D eigenvalue weighted by atomic mass is 32.1. The molecule has 2 N–H and O–H groups in total. The average Bonchev–Trinajstić information content (AvgIpc) is 3.08. The molecule has 2 rings (SSSR count). The Morgan fingerprint density at radius 2 is 1.84 bits per heavy atom. The summed E-state index contributed by atoms with van der Waals surface area (Å²) in [6, 6.07) is 6.77. The van der Waals surface area contributed by atoms with Gasteiger partial charge in [-0.25, -0.2) is 0 Å². The maximum atomic E-state index is 12.1. The molecule has 7 nitrogen and oxygen atoms in total. The van der Waals surface area contributed by atoms with Gasteiger partial charge in [-0.3, -0.25) is 20.4 Å². The number of aromatic nitrogens is 2. The number of benzene rings is 1. The third-order valence-corrected chi connectivity index (χ3v) is 4.23.